The first kappa shape index (κ1) is 71.1. The van der Waals surface area contributed by atoms with Crippen molar-refractivity contribution in [3.05, 3.63) is 60.8 Å². The minimum absolute atomic E-state index is 0.0729. The van der Waals surface area contributed by atoms with Gasteiger partial charge in [-0.3, -0.25) is 14.4 Å². The van der Waals surface area contributed by atoms with Crippen LogP contribution in [0.5, 0.6) is 0 Å². The van der Waals surface area contributed by atoms with Crippen molar-refractivity contribution >= 4 is 17.9 Å². The molecule has 0 spiro atoms. The zero-order chi connectivity index (χ0) is 53.6. The minimum Gasteiger partial charge on any atom is -0.462 e. The number of allylic oxidation sites excluding steroid dienone is 10. The maximum atomic E-state index is 12.9. The molecule has 0 saturated carbocycles. The Morgan fingerprint density at radius 3 is 0.824 bits per heavy atom. The van der Waals surface area contributed by atoms with Crippen LogP contribution in [-0.2, 0) is 28.6 Å². The van der Waals surface area contributed by atoms with Crippen molar-refractivity contribution < 1.29 is 28.6 Å². The Kier molecular flexibility index (Phi) is 60.2. The van der Waals surface area contributed by atoms with Crippen LogP contribution in [0.15, 0.2) is 60.8 Å². The highest BCUT2D eigenvalue weighted by Crippen LogP contribution is 2.18. The van der Waals surface area contributed by atoms with E-state index in [2.05, 4.69) is 81.5 Å². The molecule has 6 heteroatoms. The summed E-state index contributed by atoms with van der Waals surface area (Å²) in [6.45, 7) is 6.51. The van der Waals surface area contributed by atoms with E-state index in [-0.39, 0.29) is 31.1 Å². The van der Waals surface area contributed by atoms with Crippen LogP contribution in [0.1, 0.15) is 335 Å². The van der Waals surface area contributed by atoms with Crippen LogP contribution in [0, 0.1) is 0 Å². The number of hydrogen-bond acceptors (Lipinski definition) is 6. The summed E-state index contributed by atoms with van der Waals surface area (Å²) < 4.78 is 16.8. The van der Waals surface area contributed by atoms with Crippen molar-refractivity contribution in [3.8, 4) is 0 Å². The zero-order valence-electron chi connectivity index (χ0n) is 49.4. The van der Waals surface area contributed by atoms with E-state index in [0.717, 1.165) is 96.3 Å². The molecular weight excluding hydrogens is 913 g/mol. The summed E-state index contributed by atoms with van der Waals surface area (Å²) >= 11 is 0. The van der Waals surface area contributed by atoms with Crippen molar-refractivity contribution in [2.24, 2.45) is 0 Å². The monoisotopic (exact) mass is 1030 g/mol. The van der Waals surface area contributed by atoms with Crippen molar-refractivity contribution in [1.82, 2.24) is 0 Å². The molecule has 0 aliphatic carbocycles. The lowest BCUT2D eigenvalue weighted by Gasteiger charge is -2.18. The van der Waals surface area contributed by atoms with Crippen LogP contribution >= 0.6 is 0 Å². The second-order valence-electron chi connectivity index (χ2n) is 21.7. The Morgan fingerprint density at radius 1 is 0.284 bits per heavy atom. The van der Waals surface area contributed by atoms with Gasteiger partial charge in [-0.15, -0.1) is 0 Å². The molecule has 0 aromatic carbocycles. The highest BCUT2D eigenvalue weighted by atomic mass is 16.6. The number of unbranched alkanes of at least 4 members (excludes halogenated alkanes) is 38. The molecule has 1 unspecified atom stereocenters. The number of ether oxygens (including phenoxy) is 3. The van der Waals surface area contributed by atoms with E-state index in [9.17, 15) is 14.4 Å². The maximum absolute atomic E-state index is 12.9. The predicted octanol–water partition coefficient (Wildman–Crippen LogP) is 21.9. The fourth-order valence-electron chi connectivity index (χ4n) is 9.47. The summed E-state index contributed by atoms with van der Waals surface area (Å²) in [6, 6.07) is 0. The van der Waals surface area contributed by atoms with E-state index in [1.54, 1.807) is 0 Å². The number of carbonyl (C=O) groups is 3. The first-order chi connectivity index (χ1) is 36.5. The Bertz CT molecular complexity index is 1330. The van der Waals surface area contributed by atoms with Gasteiger partial charge in [0, 0.05) is 19.3 Å². The Hall–Kier alpha value is -2.89. The lowest BCUT2D eigenvalue weighted by atomic mass is 10.0. The lowest BCUT2D eigenvalue weighted by molar-refractivity contribution is -0.167. The van der Waals surface area contributed by atoms with Gasteiger partial charge in [0.1, 0.15) is 13.2 Å². The normalized spacial score (nSPS) is 12.4. The van der Waals surface area contributed by atoms with Gasteiger partial charge in [-0.25, -0.2) is 0 Å². The molecule has 6 nitrogen and oxygen atoms in total. The molecule has 430 valence electrons. The fourth-order valence-corrected chi connectivity index (χ4v) is 9.47. The molecule has 1 atom stereocenters. The number of hydrogen-bond donors (Lipinski definition) is 0. The molecule has 0 aliphatic rings. The molecule has 0 amide bonds. The molecule has 0 N–H and O–H groups in total. The van der Waals surface area contributed by atoms with Gasteiger partial charge in [0.15, 0.2) is 6.10 Å². The van der Waals surface area contributed by atoms with Crippen molar-refractivity contribution in [2.45, 2.75) is 341 Å². The summed E-state index contributed by atoms with van der Waals surface area (Å²) in [7, 11) is 0. The van der Waals surface area contributed by atoms with Gasteiger partial charge in [-0.05, 0) is 64.2 Å². The van der Waals surface area contributed by atoms with Crippen LogP contribution in [0.25, 0.3) is 0 Å². The van der Waals surface area contributed by atoms with Crippen LogP contribution < -0.4 is 0 Å². The van der Waals surface area contributed by atoms with Gasteiger partial charge >= 0.3 is 17.9 Å². The van der Waals surface area contributed by atoms with Crippen molar-refractivity contribution in [1.29, 1.82) is 0 Å². The third-order valence-corrected chi connectivity index (χ3v) is 14.3. The van der Waals surface area contributed by atoms with Crippen LogP contribution in [0.2, 0.25) is 0 Å². The van der Waals surface area contributed by atoms with E-state index in [0.29, 0.717) is 19.3 Å². The maximum Gasteiger partial charge on any atom is 0.306 e. The van der Waals surface area contributed by atoms with Gasteiger partial charge in [-0.1, -0.05) is 313 Å². The molecule has 0 radical (unpaired) electrons. The van der Waals surface area contributed by atoms with E-state index in [4.69, 9.17) is 14.2 Å². The molecule has 0 aromatic heterocycles. The van der Waals surface area contributed by atoms with Crippen LogP contribution in [0.3, 0.4) is 0 Å². The third kappa shape index (κ3) is 60.0. The molecule has 0 aromatic rings. The van der Waals surface area contributed by atoms with Crippen molar-refractivity contribution in [2.75, 3.05) is 13.2 Å². The standard InChI is InChI=1S/C68H122O6/c1-4-7-10-13-16-18-20-22-24-26-28-30-32-34-36-38-40-42-44-46-48-50-52-55-58-61-67(70)73-64-65(63-72-66(69)60-57-54-15-12-9-6-3)74-68(71)62-59-56-53-51-49-47-45-43-41-39-37-35-33-31-29-27-25-23-21-19-17-14-11-8-5-2/h7,10,16,18,22,24,28,30,34,36,65H,4-6,8-9,11-15,17,19-21,23,25-27,29,31-33,35,37-64H2,1-3H3/b10-7-,18-16-,24-22-,30-28-,36-34-. The summed E-state index contributed by atoms with van der Waals surface area (Å²) in [5.41, 5.74) is 0. The van der Waals surface area contributed by atoms with E-state index in [1.165, 1.54) is 199 Å². The Morgan fingerprint density at radius 2 is 0.527 bits per heavy atom. The van der Waals surface area contributed by atoms with E-state index in [1.807, 2.05) is 0 Å². The first-order valence-electron chi connectivity index (χ1n) is 32.3. The van der Waals surface area contributed by atoms with Crippen molar-refractivity contribution in [3.63, 3.8) is 0 Å². The van der Waals surface area contributed by atoms with Crippen LogP contribution in [-0.4, -0.2) is 37.2 Å². The fraction of sp³-hybridized carbons (Fsp3) is 0.809. The SMILES string of the molecule is CC/C=C\C/C=C\C/C=C\C/C=C\C/C=C\CCCCCCCCCCCC(=O)OCC(COC(=O)CCCCCCCC)OC(=O)CCCCCCCCCCCCCCCCCCCCCCCCCCC. The molecule has 0 fully saturated rings. The van der Waals surface area contributed by atoms with Gasteiger partial charge in [0.2, 0.25) is 0 Å². The second kappa shape index (κ2) is 62.6. The van der Waals surface area contributed by atoms with Crippen LogP contribution in [0.4, 0.5) is 0 Å². The molecule has 74 heavy (non-hydrogen) atoms. The van der Waals surface area contributed by atoms with Gasteiger partial charge in [-0.2, -0.15) is 0 Å². The second-order valence-corrected chi connectivity index (χ2v) is 21.7. The predicted molar refractivity (Wildman–Crippen MR) is 321 cm³/mol. The smallest absolute Gasteiger partial charge is 0.306 e. The molecule has 0 saturated heterocycles. The highest BCUT2D eigenvalue weighted by molar-refractivity contribution is 5.71. The summed E-state index contributed by atoms with van der Waals surface area (Å²) in [5.74, 6) is -0.871. The van der Waals surface area contributed by atoms with Gasteiger partial charge in [0.25, 0.3) is 0 Å². The lowest BCUT2D eigenvalue weighted by Crippen LogP contribution is -2.30. The number of rotatable bonds is 59. The molecular formula is C68H122O6. The average Bonchev–Trinajstić information content (AvgIpc) is 3.40. The van der Waals surface area contributed by atoms with Gasteiger partial charge in [0.05, 0.1) is 0 Å². The van der Waals surface area contributed by atoms with Gasteiger partial charge < -0.3 is 14.2 Å². The molecule has 0 heterocycles. The Labute approximate surface area is 460 Å². The average molecular weight is 1040 g/mol. The van der Waals surface area contributed by atoms with E-state index < -0.39 is 6.10 Å². The zero-order valence-corrected chi connectivity index (χ0v) is 49.4. The molecule has 0 aliphatic heterocycles. The first-order valence-corrected chi connectivity index (χ1v) is 32.3. The third-order valence-electron chi connectivity index (χ3n) is 14.3. The highest BCUT2D eigenvalue weighted by Gasteiger charge is 2.19. The summed E-state index contributed by atoms with van der Waals surface area (Å²) in [4.78, 5) is 38.0. The Balaban J connectivity index is 4.06. The summed E-state index contributed by atoms with van der Waals surface area (Å²) in [6.07, 6.45) is 79.9. The number of esters is 3. The van der Waals surface area contributed by atoms with E-state index >= 15 is 0 Å². The number of carbonyl (C=O) groups excluding carboxylic acids is 3. The molecule has 0 rings (SSSR count). The molecule has 0 bridgehead atoms. The minimum atomic E-state index is -0.772. The summed E-state index contributed by atoms with van der Waals surface area (Å²) in [5, 5.41) is 0. The quantitative estimate of drug-likeness (QED) is 0.0261. The largest absolute Gasteiger partial charge is 0.462 e. The topological polar surface area (TPSA) is 78.9 Å².